The third-order valence-corrected chi connectivity index (χ3v) is 4.11. The van der Waals surface area contributed by atoms with Crippen molar-refractivity contribution in [2.75, 3.05) is 18.5 Å². The second-order valence-electron chi connectivity index (χ2n) is 6.33. The number of hydrogen-bond donors (Lipinski definition) is 1. The van der Waals surface area contributed by atoms with Crippen LogP contribution in [0.3, 0.4) is 0 Å². The quantitative estimate of drug-likeness (QED) is 0.707. The van der Waals surface area contributed by atoms with Gasteiger partial charge in [-0.2, -0.15) is 0 Å². The summed E-state index contributed by atoms with van der Waals surface area (Å²) in [4.78, 5) is 20.6. The fourth-order valence-corrected chi connectivity index (χ4v) is 2.54. The molecule has 1 N–H and O–H groups in total. The summed E-state index contributed by atoms with van der Waals surface area (Å²) < 4.78 is 11.3. The zero-order chi connectivity index (χ0) is 17.8. The van der Waals surface area contributed by atoms with Gasteiger partial charge in [0.15, 0.2) is 6.61 Å². The molecule has 26 heavy (non-hydrogen) atoms. The molecule has 1 aliphatic rings. The van der Waals surface area contributed by atoms with Crippen LogP contribution in [0.5, 0.6) is 11.5 Å². The Morgan fingerprint density at radius 3 is 2.58 bits per heavy atom. The highest BCUT2D eigenvalue weighted by atomic mass is 16.5. The van der Waals surface area contributed by atoms with Crippen LogP contribution in [0.2, 0.25) is 0 Å². The molecule has 1 saturated carbocycles. The Kier molecular flexibility index (Phi) is 4.64. The second kappa shape index (κ2) is 7.39. The van der Waals surface area contributed by atoms with E-state index in [0.29, 0.717) is 17.4 Å². The number of rotatable bonds is 7. The van der Waals surface area contributed by atoms with Gasteiger partial charge in [0.1, 0.15) is 11.5 Å². The number of nitrogens with one attached hydrogen (secondary N) is 1. The molecule has 1 aliphatic carbocycles. The summed E-state index contributed by atoms with van der Waals surface area (Å²) in [5, 5.41) is 2.80. The van der Waals surface area contributed by atoms with Crippen molar-refractivity contribution in [1.29, 1.82) is 0 Å². The molecule has 0 saturated heterocycles. The van der Waals surface area contributed by atoms with Crippen molar-refractivity contribution in [3.05, 3.63) is 54.9 Å². The summed E-state index contributed by atoms with van der Waals surface area (Å²) in [5.74, 6) is 1.83. The third-order valence-electron chi connectivity index (χ3n) is 4.11. The molecule has 0 bridgehead atoms. The lowest BCUT2D eigenvalue weighted by Crippen LogP contribution is -2.20. The van der Waals surface area contributed by atoms with E-state index in [2.05, 4.69) is 15.3 Å². The molecular formula is C20H19N3O3. The molecule has 2 aromatic carbocycles. The summed E-state index contributed by atoms with van der Waals surface area (Å²) in [6.45, 7) is 0.666. The fraction of sp³-hybridized carbons (Fsp3) is 0.250. The predicted octanol–water partition coefficient (Wildman–Crippen LogP) is 3.44. The van der Waals surface area contributed by atoms with Crippen molar-refractivity contribution in [1.82, 2.24) is 9.97 Å². The van der Waals surface area contributed by atoms with E-state index >= 15 is 0 Å². The van der Waals surface area contributed by atoms with Gasteiger partial charge >= 0.3 is 0 Å². The Morgan fingerprint density at radius 1 is 1.00 bits per heavy atom. The van der Waals surface area contributed by atoms with Gasteiger partial charge in [0, 0.05) is 24.1 Å². The standard InChI is InChI=1S/C20H19N3O3/c24-20(23-15-6-7-18-19(10-15)22-9-8-21-18)13-26-17-3-1-2-16(11-17)25-12-14-4-5-14/h1-3,6-11,14H,4-5,12-13H2,(H,23,24). The normalized spacial score (nSPS) is 13.4. The lowest BCUT2D eigenvalue weighted by Gasteiger charge is -2.10. The molecule has 6 nitrogen and oxygen atoms in total. The van der Waals surface area contributed by atoms with Gasteiger partial charge in [-0.3, -0.25) is 14.8 Å². The van der Waals surface area contributed by atoms with Gasteiger partial charge in [0.2, 0.25) is 0 Å². The van der Waals surface area contributed by atoms with Crippen LogP contribution in [0.4, 0.5) is 5.69 Å². The van der Waals surface area contributed by atoms with Crippen molar-refractivity contribution >= 4 is 22.6 Å². The summed E-state index contributed by atoms with van der Waals surface area (Å²) in [6.07, 6.45) is 5.75. The average molecular weight is 349 g/mol. The van der Waals surface area contributed by atoms with Gasteiger partial charge in [0.05, 0.1) is 17.6 Å². The number of nitrogens with zero attached hydrogens (tertiary/aromatic N) is 2. The summed E-state index contributed by atoms with van der Waals surface area (Å²) in [6, 6.07) is 12.8. The van der Waals surface area contributed by atoms with Crippen LogP contribution in [0, 0.1) is 5.92 Å². The minimum atomic E-state index is -0.238. The van der Waals surface area contributed by atoms with Crippen LogP contribution in [0.1, 0.15) is 12.8 Å². The number of aromatic nitrogens is 2. The maximum atomic E-state index is 12.1. The highest BCUT2D eigenvalue weighted by molar-refractivity contribution is 5.93. The lowest BCUT2D eigenvalue weighted by atomic mass is 10.2. The number of amides is 1. The topological polar surface area (TPSA) is 73.3 Å². The molecule has 6 heteroatoms. The van der Waals surface area contributed by atoms with Crippen molar-refractivity contribution in [2.45, 2.75) is 12.8 Å². The largest absolute Gasteiger partial charge is 0.493 e. The molecule has 1 aromatic heterocycles. The van der Waals surface area contributed by atoms with Gasteiger partial charge in [-0.05, 0) is 49.1 Å². The van der Waals surface area contributed by atoms with Gasteiger partial charge in [-0.25, -0.2) is 0 Å². The molecule has 0 radical (unpaired) electrons. The van der Waals surface area contributed by atoms with Gasteiger partial charge in [-0.15, -0.1) is 0 Å². The molecular weight excluding hydrogens is 330 g/mol. The monoisotopic (exact) mass is 349 g/mol. The molecule has 0 aliphatic heterocycles. The third kappa shape index (κ3) is 4.27. The van der Waals surface area contributed by atoms with Crippen molar-refractivity contribution < 1.29 is 14.3 Å². The molecule has 0 unspecified atom stereocenters. The molecule has 4 rings (SSSR count). The van der Waals surface area contributed by atoms with E-state index in [-0.39, 0.29) is 12.5 Å². The number of benzene rings is 2. The van der Waals surface area contributed by atoms with Gasteiger partial charge in [0.25, 0.3) is 5.91 Å². The predicted molar refractivity (Wildman–Crippen MR) is 98.3 cm³/mol. The maximum absolute atomic E-state index is 12.1. The molecule has 132 valence electrons. The SMILES string of the molecule is O=C(COc1cccc(OCC2CC2)c1)Nc1ccc2nccnc2c1. The van der Waals surface area contributed by atoms with Crippen molar-refractivity contribution in [2.24, 2.45) is 5.92 Å². The van der Waals surface area contributed by atoms with E-state index in [0.717, 1.165) is 23.4 Å². The summed E-state index contributed by atoms with van der Waals surface area (Å²) in [7, 11) is 0. The lowest BCUT2D eigenvalue weighted by molar-refractivity contribution is -0.118. The van der Waals surface area contributed by atoms with E-state index in [1.54, 1.807) is 30.6 Å². The average Bonchev–Trinajstić information content (AvgIpc) is 3.50. The van der Waals surface area contributed by atoms with Crippen LogP contribution in [0.15, 0.2) is 54.9 Å². The number of fused-ring (bicyclic) bond motifs is 1. The van der Waals surface area contributed by atoms with Crippen molar-refractivity contribution in [3.63, 3.8) is 0 Å². The molecule has 0 atom stereocenters. The Hall–Kier alpha value is -3.15. The number of hydrogen-bond acceptors (Lipinski definition) is 5. The second-order valence-corrected chi connectivity index (χ2v) is 6.33. The highest BCUT2D eigenvalue weighted by Gasteiger charge is 2.21. The number of ether oxygens (including phenoxy) is 2. The van der Waals surface area contributed by atoms with E-state index in [1.807, 2.05) is 24.3 Å². The maximum Gasteiger partial charge on any atom is 0.262 e. The summed E-state index contributed by atoms with van der Waals surface area (Å²) in [5.41, 5.74) is 2.17. The Bertz CT molecular complexity index is 925. The number of carbonyl (C=O) groups is 1. The Labute approximate surface area is 151 Å². The zero-order valence-electron chi connectivity index (χ0n) is 14.2. The Morgan fingerprint density at radius 2 is 1.77 bits per heavy atom. The molecule has 1 amide bonds. The van der Waals surface area contributed by atoms with Crippen LogP contribution in [-0.4, -0.2) is 29.1 Å². The van der Waals surface area contributed by atoms with Gasteiger partial charge < -0.3 is 14.8 Å². The number of carbonyl (C=O) groups excluding carboxylic acids is 1. The highest BCUT2D eigenvalue weighted by Crippen LogP contribution is 2.30. The number of anilines is 1. The van der Waals surface area contributed by atoms with Crippen molar-refractivity contribution in [3.8, 4) is 11.5 Å². The van der Waals surface area contributed by atoms with Crippen LogP contribution in [0.25, 0.3) is 11.0 Å². The first kappa shape index (κ1) is 16.3. The molecule has 1 fully saturated rings. The molecule has 0 spiro atoms. The fourth-order valence-electron chi connectivity index (χ4n) is 2.54. The van der Waals surface area contributed by atoms with Crippen LogP contribution in [-0.2, 0) is 4.79 Å². The minimum absolute atomic E-state index is 0.0788. The first-order chi connectivity index (χ1) is 12.8. The first-order valence-electron chi connectivity index (χ1n) is 8.62. The van der Waals surface area contributed by atoms with E-state index in [4.69, 9.17) is 9.47 Å². The zero-order valence-corrected chi connectivity index (χ0v) is 14.2. The Balaban J connectivity index is 1.32. The first-order valence-corrected chi connectivity index (χ1v) is 8.62. The van der Waals surface area contributed by atoms with Crippen LogP contribution >= 0.6 is 0 Å². The summed E-state index contributed by atoms with van der Waals surface area (Å²) >= 11 is 0. The van der Waals surface area contributed by atoms with E-state index < -0.39 is 0 Å². The van der Waals surface area contributed by atoms with E-state index in [9.17, 15) is 4.79 Å². The molecule has 1 heterocycles. The van der Waals surface area contributed by atoms with Crippen LogP contribution < -0.4 is 14.8 Å². The molecule has 3 aromatic rings. The van der Waals surface area contributed by atoms with E-state index in [1.165, 1.54) is 12.8 Å². The smallest absolute Gasteiger partial charge is 0.262 e. The minimum Gasteiger partial charge on any atom is -0.493 e. The van der Waals surface area contributed by atoms with Gasteiger partial charge in [-0.1, -0.05) is 6.07 Å².